The van der Waals surface area contributed by atoms with Gasteiger partial charge in [-0.15, -0.1) is 0 Å². The van der Waals surface area contributed by atoms with Gasteiger partial charge in [0.15, 0.2) is 0 Å². The summed E-state index contributed by atoms with van der Waals surface area (Å²) < 4.78 is 0. The molecule has 1 amide bonds. The van der Waals surface area contributed by atoms with Crippen LogP contribution >= 0.6 is 0 Å². The Morgan fingerprint density at radius 3 is 2.61 bits per heavy atom. The molecular formula is C19H23N3O. The van der Waals surface area contributed by atoms with Crippen molar-refractivity contribution >= 4 is 17.4 Å². The first-order valence-electron chi connectivity index (χ1n) is 8.27. The molecule has 2 heterocycles. The molecule has 0 radical (unpaired) electrons. The summed E-state index contributed by atoms with van der Waals surface area (Å²) >= 11 is 0. The molecule has 4 heteroatoms. The second-order valence-corrected chi connectivity index (χ2v) is 6.26. The van der Waals surface area contributed by atoms with Crippen molar-refractivity contribution in [1.82, 2.24) is 4.98 Å². The van der Waals surface area contributed by atoms with Gasteiger partial charge in [-0.25, -0.2) is 4.98 Å². The van der Waals surface area contributed by atoms with Crippen LogP contribution in [0.4, 0.5) is 11.5 Å². The average molecular weight is 309 g/mol. The second kappa shape index (κ2) is 6.82. The molecule has 0 spiro atoms. The number of nitrogens with zero attached hydrogens (tertiary/aromatic N) is 2. The summed E-state index contributed by atoms with van der Waals surface area (Å²) in [5.41, 5.74) is 2.67. The van der Waals surface area contributed by atoms with Crippen LogP contribution in [0.25, 0.3) is 0 Å². The topological polar surface area (TPSA) is 45.2 Å². The summed E-state index contributed by atoms with van der Waals surface area (Å²) in [6, 6.07) is 11.7. The number of amides is 1. The molecule has 1 N–H and O–H groups in total. The number of aromatic nitrogens is 1. The molecule has 1 saturated heterocycles. The molecule has 2 aromatic rings. The zero-order chi connectivity index (χ0) is 16.2. The molecule has 1 aliphatic rings. The lowest BCUT2D eigenvalue weighted by atomic mass is 10.0. The third-order valence-corrected chi connectivity index (χ3v) is 4.27. The van der Waals surface area contributed by atoms with Crippen LogP contribution in [-0.4, -0.2) is 24.0 Å². The smallest absolute Gasteiger partial charge is 0.259 e. The largest absolute Gasteiger partial charge is 0.356 e. The van der Waals surface area contributed by atoms with E-state index in [1.807, 2.05) is 30.3 Å². The molecule has 23 heavy (non-hydrogen) atoms. The lowest BCUT2D eigenvalue weighted by molar-refractivity contribution is 0.102. The number of carbonyl (C=O) groups is 1. The van der Waals surface area contributed by atoms with Gasteiger partial charge in [0.1, 0.15) is 5.82 Å². The van der Waals surface area contributed by atoms with E-state index < -0.39 is 0 Å². The first kappa shape index (κ1) is 15.5. The van der Waals surface area contributed by atoms with E-state index in [0.717, 1.165) is 43.0 Å². The molecule has 0 bridgehead atoms. The van der Waals surface area contributed by atoms with Crippen molar-refractivity contribution in [3.8, 4) is 0 Å². The van der Waals surface area contributed by atoms with Gasteiger partial charge in [0.2, 0.25) is 0 Å². The van der Waals surface area contributed by atoms with Gasteiger partial charge < -0.3 is 10.2 Å². The monoisotopic (exact) mass is 309 g/mol. The van der Waals surface area contributed by atoms with Crippen molar-refractivity contribution in [2.45, 2.75) is 32.6 Å². The Morgan fingerprint density at radius 1 is 1.13 bits per heavy atom. The minimum Gasteiger partial charge on any atom is -0.356 e. The highest BCUT2D eigenvalue weighted by molar-refractivity contribution is 6.07. The molecule has 0 atom stereocenters. The Morgan fingerprint density at radius 2 is 1.87 bits per heavy atom. The molecule has 120 valence electrons. The Bertz CT molecular complexity index is 691. The van der Waals surface area contributed by atoms with E-state index in [4.69, 9.17) is 0 Å². The van der Waals surface area contributed by atoms with E-state index in [9.17, 15) is 4.79 Å². The Balaban J connectivity index is 1.87. The molecule has 0 saturated carbocycles. The Labute approximate surface area is 137 Å². The lowest BCUT2D eigenvalue weighted by Crippen LogP contribution is -2.24. The first-order chi connectivity index (χ1) is 11.2. The molecule has 0 aliphatic carbocycles. The zero-order valence-electron chi connectivity index (χ0n) is 13.7. The number of benzene rings is 1. The van der Waals surface area contributed by atoms with E-state index in [1.54, 1.807) is 6.20 Å². The lowest BCUT2D eigenvalue weighted by Gasteiger charge is -2.20. The van der Waals surface area contributed by atoms with Gasteiger partial charge in [-0.05, 0) is 42.5 Å². The van der Waals surface area contributed by atoms with E-state index in [1.165, 1.54) is 0 Å². The maximum Gasteiger partial charge on any atom is 0.259 e. The van der Waals surface area contributed by atoms with E-state index >= 15 is 0 Å². The van der Waals surface area contributed by atoms with Gasteiger partial charge in [0.25, 0.3) is 5.91 Å². The summed E-state index contributed by atoms with van der Waals surface area (Å²) in [6.07, 6.45) is 4.08. The summed E-state index contributed by atoms with van der Waals surface area (Å²) in [5.74, 6) is 1.07. The normalized spacial score (nSPS) is 14.3. The van der Waals surface area contributed by atoms with Crippen molar-refractivity contribution in [2.75, 3.05) is 23.3 Å². The fourth-order valence-electron chi connectivity index (χ4n) is 3.06. The number of anilines is 2. The number of para-hydroxylation sites is 1. The Hall–Kier alpha value is -2.36. The van der Waals surface area contributed by atoms with Crippen LogP contribution in [0.15, 0.2) is 42.6 Å². The highest BCUT2D eigenvalue weighted by atomic mass is 16.1. The first-order valence-corrected chi connectivity index (χ1v) is 8.27. The highest BCUT2D eigenvalue weighted by Gasteiger charge is 2.21. The van der Waals surface area contributed by atoms with Crippen molar-refractivity contribution in [2.24, 2.45) is 0 Å². The molecule has 3 rings (SSSR count). The minimum atomic E-state index is -0.0897. The van der Waals surface area contributed by atoms with Gasteiger partial charge >= 0.3 is 0 Å². The fraction of sp³-hybridized carbons (Fsp3) is 0.368. The molecule has 1 aliphatic heterocycles. The van der Waals surface area contributed by atoms with Crippen molar-refractivity contribution in [3.63, 3.8) is 0 Å². The van der Waals surface area contributed by atoms with Crippen LogP contribution in [-0.2, 0) is 0 Å². The number of hydrogen-bond acceptors (Lipinski definition) is 3. The summed E-state index contributed by atoms with van der Waals surface area (Å²) in [7, 11) is 0. The van der Waals surface area contributed by atoms with Crippen molar-refractivity contribution in [1.29, 1.82) is 0 Å². The number of carbonyl (C=O) groups excluding carboxylic acids is 1. The van der Waals surface area contributed by atoms with Crippen LogP contribution in [0.2, 0.25) is 0 Å². The second-order valence-electron chi connectivity index (χ2n) is 6.26. The van der Waals surface area contributed by atoms with E-state index in [-0.39, 0.29) is 5.91 Å². The minimum absolute atomic E-state index is 0.0897. The number of pyridine rings is 1. The Kier molecular flexibility index (Phi) is 4.60. The predicted molar refractivity (Wildman–Crippen MR) is 94.2 cm³/mol. The van der Waals surface area contributed by atoms with Crippen LogP contribution in [0.1, 0.15) is 48.5 Å². The maximum atomic E-state index is 12.8. The van der Waals surface area contributed by atoms with Crippen LogP contribution in [0, 0.1) is 0 Å². The highest BCUT2D eigenvalue weighted by Crippen LogP contribution is 2.26. The van der Waals surface area contributed by atoms with Gasteiger partial charge in [-0.3, -0.25) is 4.79 Å². The molecule has 1 fully saturated rings. The fourth-order valence-corrected chi connectivity index (χ4v) is 3.06. The SMILES string of the molecule is CC(C)c1ccccc1NC(=O)c1cccnc1N1CCCC1. The summed E-state index contributed by atoms with van der Waals surface area (Å²) in [5, 5.41) is 3.07. The predicted octanol–water partition coefficient (Wildman–Crippen LogP) is 4.06. The van der Waals surface area contributed by atoms with Gasteiger partial charge in [-0.1, -0.05) is 32.0 Å². The third-order valence-electron chi connectivity index (χ3n) is 4.27. The van der Waals surface area contributed by atoms with Gasteiger partial charge in [0, 0.05) is 25.0 Å². The molecule has 1 aromatic heterocycles. The molecule has 1 aromatic carbocycles. The van der Waals surface area contributed by atoms with E-state index in [2.05, 4.69) is 35.1 Å². The molecule has 4 nitrogen and oxygen atoms in total. The molecule has 0 unspecified atom stereocenters. The van der Waals surface area contributed by atoms with Crippen LogP contribution in [0.5, 0.6) is 0 Å². The van der Waals surface area contributed by atoms with Crippen molar-refractivity contribution < 1.29 is 4.79 Å². The van der Waals surface area contributed by atoms with Crippen LogP contribution in [0.3, 0.4) is 0 Å². The van der Waals surface area contributed by atoms with Gasteiger partial charge in [-0.2, -0.15) is 0 Å². The summed E-state index contributed by atoms with van der Waals surface area (Å²) in [6.45, 7) is 6.20. The number of nitrogens with one attached hydrogen (secondary N) is 1. The number of rotatable bonds is 4. The molecular weight excluding hydrogens is 286 g/mol. The zero-order valence-corrected chi connectivity index (χ0v) is 13.7. The third kappa shape index (κ3) is 3.36. The van der Waals surface area contributed by atoms with E-state index in [0.29, 0.717) is 11.5 Å². The average Bonchev–Trinajstić information content (AvgIpc) is 3.09. The standard InChI is InChI=1S/C19H23N3O/c1-14(2)15-8-3-4-10-17(15)21-19(23)16-9-7-11-20-18(16)22-12-5-6-13-22/h3-4,7-11,14H,5-6,12-13H2,1-2H3,(H,21,23). The number of hydrogen-bond donors (Lipinski definition) is 1. The van der Waals surface area contributed by atoms with Crippen molar-refractivity contribution in [3.05, 3.63) is 53.7 Å². The maximum absolute atomic E-state index is 12.8. The summed E-state index contributed by atoms with van der Waals surface area (Å²) in [4.78, 5) is 19.4. The van der Waals surface area contributed by atoms with Gasteiger partial charge in [0.05, 0.1) is 5.56 Å². The van der Waals surface area contributed by atoms with Crippen LogP contribution < -0.4 is 10.2 Å². The quantitative estimate of drug-likeness (QED) is 0.926.